The molecule has 0 aliphatic rings. The lowest BCUT2D eigenvalue weighted by atomic mass is 10.2. The van der Waals surface area contributed by atoms with Crippen LogP contribution < -0.4 is 10.6 Å². The first-order valence-electron chi connectivity index (χ1n) is 6.65. The second kappa shape index (κ2) is 7.99. The smallest absolute Gasteiger partial charge is 0.393 e. The Labute approximate surface area is 121 Å². The van der Waals surface area contributed by atoms with Crippen LogP contribution in [0, 0.1) is 0 Å². The Balaban J connectivity index is 2.44. The van der Waals surface area contributed by atoms with Crippen LogP contribution in [-0.2, 0) is 11.3 Å². The van der Waals surface area contributed by atoms with Gasteiger partial charge in [-0.05, 0) is 44.0 Å². The van der Waals surface area contributed by atoms with Crippen LogP contribution in [0.25, 0.3) is 0 Å². The van der Waals surface area contributed by atoms with Crippen molar-refractivity contribution in [2.45, 2.75) is 38.6 Å². The van der Waals surface area contributed by atoms with Crippen molar-refractivity contribution in [3.63, 3.8) is 0 Å². The Morgan fingerprint density at radius 2 is 2.10 bits per heavy atom. The highest BCUT2D eigenvalue weighted by molar-refractivity contribution is 5.94. The zero-order valence-electron chi connectivity index (χ0n) is 11.7. The highest BCUT2D eigenvalue weighted by Crippen LogP contribution is 2.18. The van der Waals surface area contributed by atoms with Gasteiger partial charge in [0.05, 0.1) is 6.10 Å². The first kappa shape index (κ1) is 17.5. The van der Waals surface area contributed by atoms with E-state index in [0.717, 1.165) is 12.0 Å². The van der Waals surface area contributed by atoms with Gasteiger partial charge in [-0.25, -0.2) is 0 Å². The number of rotatable bonds is 7. The number of nitrogens with one attached hydrogen (secondary N) is 2. The van der Waals surface area contributed by atoms with E-state index < -0.39 is 12.1 Å². The Hall–Kier alpha value is -1.60. The molecule has 7 heteroatoms. The third-order valence-electron chi connectivity index (χ3n) is 2.75. The summed E-state index contributed by atoms with van der Waals surface area (Å²) in [4.78, 5) is 10.8. The summed E-state index contributed by atoms with van der Waals surface area (Å²) >= 11 is 0. The predicted octanol–water partition coefficient (Wildman–Crippen LogP) is 2.44. The minimum absolute atomic E-state index is 0.112. The lowest BCUT2D eigenvalue weighted by Crippen LogP contribution is -2.30. The van der Waals surface area contributed by atoms with Crippen LogP contribution >= 0.6 is 0 Å². The third kappa shape index (κ3) is 7.10. The molecule has 0 aliphatic carbocycles. The molecule has 0 radical (unpaired) electrons. The number of hydrogen-bond donors (Lipinski definition) is 3. The SMILES string of the molecule is CC(O)CCCNCc1cccc(NC(=O)C(F)(F)F)c1. The second-order valence-electron chi connectivity index (χ2n) is 4.82. The highest BCUT2D eigenvalue weighted by atomic mass is 19.4. The topological polar surface area (TPSA) is 61.4 Å². The standard InChI is InChI=1S/C14H19F3N2O2/c1-10(20)4-3-7-18-9-11-5-2-6-12(8-11)19-13(21)14(15,16)17/h2,5-6,8,10,18,20H,3-4,7,9H2,1H3,(H,19,21). The van der Waals surface area contributed by atoms with Crippen LogP contribution in [0.4, 0.5) is 18.9 Å². The Bertz CT molecular complexity index is 462. The van der Waals surface area contributed by atoms with E-state index in [2.05, 4.69) is 5.32 Å². The van der Waals surface area contributed by atoms with Crippen molar-refractivity contribution < 1.29 is 23.1 Å². The van der Waals surface area contributed by atoms with Gasteiger partial charge in [0.15, 0.2) is 0 Å². The molecule has 0 bridgehead atoms. The molecule has 1 amide bonds. The monoisotopic (exact) mass is 304 g/mol. The number of benzene rings is 1. The number of alkyl halides is 3. The molecule has 0 fully saturated rings. The van der Waals surface area contributed by atoms with Gasteiger partial charge >= 0.3 is 12.1 Å². The number of carbonyl (C=O) groups is 1. The van der Waals surface area contributed by atoms with Crippen LogP contribution in [0.1, 0.15) is 25.3 Å². The number of anilines is 1. The maximum atomic E-state index is 12.1. The number of carbonyl (C=O) groups excluding carboxylic acids is 1. The number of amides is 1. The molecule has 118 valence electrons. The van der Waals surface area contributed by atoms with Crippen LogP contribution in [0.15, 0.2) is 24.3 Å². The van der Waals surface area contributed by atoms with Gasteiger partial charge in [0.25, 0.3) is 0 Å². The zero-order valence-corrected chi connectivity index (χ0v) is 11.7. The Kier molecular flexibility index (Phi) is 6.64. The molecule has 0 heterocycles. The van der Waals surface area contributed by atoms with Gasteiger partial charge in [-0.15, -0.1) is 0 Å². The van der Waals surface area contributed by atoms with Gasteiger partial charge in [-0.2, -0.15) is 13.2 Å². The molecule has 0 saturated heterocycles. The maximum absolute atomic E-state index is 12.1. The first-order chi connectivity index (χ1) is 9.79. The summed E-state index contributed by atoms with van der Waals surface area (Å²) in [5, 5.41) is 14.0. The van der Waals surface area contributed by atoms with E-state index in [1.54, 1.807) is 19.1 Å². The van der Waals surface area contributed by atoms with E-state index in [1.807, 2.05) is 5.32 Å². The minimum Gasteiger partial charge on any atom is -0.393 e. The van der Waals surface area contributed by atoms with Gasteiger partial charge in [-0.3, -0.25) is 4.79 Å². The Morgan fingerprint density at radius 1 is 1.38 bits per heavy atom. The van der Waals surface area contributed by atoms with Crippen LogP contribution in [0.2, 0.25) is 0 Å². The average Bonchev–Trinajstić information content (AvgIpc) is 2.37. The molecule has 0 aliphatic heterocycles. The fourth-order valence-electron chi connectivity index (χ4n) is 1.72. The highest BCUT2D eigenvalue weighted by Gasteiger charge is 2.38. The lowest BCUT2D eigenvalue weighted by molar-refractivity contribution is -0.167. The fourth-order valence-corrected chi connectivity index (χ4v) is 1.72. The molecule has 1 atom stereocenters. The molecule has 0 saturated carbocycles. The van der Waals surface area contributed by atoms with E-state index in [9.17, 15) is 18.0 Å². The quantitative estimate of drug-likeness (QED) is 0.678. The van der Waals surface area contributed by atoms with Crippen LogP contribution in [0.3, 0.4) is 0 Å². The van der Waals surface area contributed by atoms with Crippen molar-refractivity contribution >= 4 is 11.6 Å². The summed E-state index contributed by atoms with van der Waals surface area (Å²) in [7, 11) is 0. The van der Waals surface area contributed by atoms with Crippen molar-refractivity contribution in [2.75, 3.05) is 11.9 Å². The summed E-state index contributed by atoms with van der Waals surface area (Å²) in [6, 6.07) is 6.23. The molecule has 21 heavy (non-hydrogen) atoms. The van der Waals surface area contributed by atoms with Gasteiger partial charge in [0.1, 0.15) is 0 Å². The van der Waals surface area contributed by atoms with E-state index in [4.69, 9.17) is 5.11 Å². The van der Waals surface area contributed by atoms with E-state index in [0.29, 0.717) is 19.5 Å². The molecule has 1 rings (SSSR count). The third-order valence-corrected chi connectivity index (χ3v) is 2.75. The van der Waals surface area contributed by atoms with Crippen molar-refractivity contribution in [1.29, 1.82) is 0 Å². The zero-order chi connectivity index (χ0) is 15.9. The normalized spacial score (nSPS) is 13.0. The van der Waals surface area contributed by atoms with Crippen molar-refractivity contribution in [3.8, 4) is 0 Å². The minimum atomic E-state index is -4.89. The number of halogens is 3. The molecule has 0 aromatic heterocycles. The average molecular weight is 304 g/mol. The van der Waals surface area contributed by atoms with Crippen LogP contribution in [-0.4, -0.2) is 29.8 Å². The summed E-state index contributed by atoms with van der Waals surface area (Å²) in [5.74, 6) is -1.98. The summed E-state index contributed by atoms with van der Waals surface area (Å²) < 4.78 is 36.4. The maximum Gasteiger partial charge on any atom is 0.471 e. The number of aliphatic hydroxyl groups is 1. The Morgan fingerprint density at radius 3 is 2.71 bits per heavy atom. The molecular weight excluding hydrogens is 285 g/mol. The second-order valence-corrected chi connectivity index (χ2v) is 4.82. The molecule has 0 spiro atoms. The van der Waals surface area contributed by atoms with Crippen molar-refractivity contribution in [2.24, 2.45) is 0 Å². The lowest BCUT2D eigenvalue weighted by Gasteiger charge is -2.10. The van der Waals surface area contributed by atoms with Crippen molar-refractivity contribution in [1.82, 2.24) is 5.32 Å². The van der Waals surface area contributed by atoms with Crippen LogP contribution in [0.5, 0.6) is 0 Å². The van der Waals surface area contributed by atoms with Gasteiger partial charge in [0, 0.05) is 12.2 Å². The number of aliphatic hydroxyl groups excluding tert-OH is 1. The molecule has 1 aromatic rings. The molecule has 1 aromatic carbocycles. The molecule has 3 N–H and O–H groups in total. The predicted molar refractivity (Wildman–Crippen MR) is 73.7 cm³/mol. The molecular formula is C14H19F3N2O2. The number of hydrogen-bond acceptors (Lipinski definition) is 3. The molecule has 4 nitrogen and oxygen atoms in total. The summed E-state index contributed by atoms with van der Waals surface area (Å²) in [5.41, 5.74) is 0.882. The van der Waals surface area contributed by atoms with Gasteiger partial charge in [0.2, 0.25) is 0 Å². The van der Waals surface area contributed by atoms with Gasteiger partial charge < -0.3 is 15.7 Å². The molecule has 1 unspecified atom stereocenters. The van der Waals surface area contributed by atoms with E-state index in [1.165, 1.54) is 12.1 Å². The van der Waals surface area contributed by atoms with Crippen molar-refractivity contribution in [3.05, 3.63) is 29.8 Å². The first-order valence-corrected chi connectivity index (χ1v) is 6.65. The van der Waals surface area contributed by atoms with E-state index >= 15 is 0 Å². The largest absolute Gasteiger partial charge is 0.471 e. The van der Waals surface area contributed by atoms with E-state index in [-0.39, 0.29) is 11.8 Å². The van der Waals surface area contributed by atoms with Gasteiger partial charge in [-0.1, -0.05) is 12.1 Å². The fraction of sp³-hybridized carbons (Fsp3) is 0.500. The summed E-state index contributed by atoms with van der Waals surface area (Å²) in [6.45, 7) is 2.90. The summed E-state index contributed by atoms with van der Waals surface area (Å²) in [6.07, 6.45) is -3.74.